The first-order chi connectivity index (χ1) is 20.3. The van der Waals surface area contributed by atoms with Crippen molar-refractivity contribution < 1.29 is 48.0 Å². The van der Waals surface area contributed by atoms with Crippen LogP contribution < -0.4 is 0 Å². The summed E-state index contributed by atoms with van der Waals surface area (Å²) in [7, 11) is -3.25. The van der Waals surface area contributed by atoms with Crippen molar-refractivity contribution >= 4 is 45.0 Å². The predicted octanol–water partition coefficient (Wildman–Crippen LogP) is 4.45. The molecule has 3 atom stereocenters. The molecule has 0 aliphatic heterocycles. The van der Waals surface area contributed by atoms with Crippen LogP contribution in [0.4, 0.5) is 11.4 Å². The van der Waals surface area contributed by atoms with Gasteiger partial charge in [0.1, 0.15) is 0 Å². The Kier molecular flexibility index (Phi) is 8.90. The molecule has 3 aromatic carbocycles. The van der Waals surface area contributed by atoms with Crippen LogP contribution in [0.1, 0.15) is 44.7 Å². The lowest BCUT2D eigenvalue weighted by molar-refractivity contribution is -0.384. The third-order valence-corrected chi connectivity index (χ3v) is 9.28. The molecule has 2 N–H and O–H groups in total. The number of rotatable bonds is 11. The van der Waals surface area contributed by atoms with Gasteiger partial charge < -0.3 is 19.7 Å². The summed E-state index contributed by atoms with van der Waals surface area (Å²) >= 11 is 0. The molecule has 0 bridgehead atoms. The Morgan fingerprint density at radius 3 is 1.91 bits per heavy atom. The van der Waals surface area contributed by atoms with Gasteiger partial charge in [0.15, 0.2) is 0 Å². The first-order valence-electron chi connectivity index (χ1n) is 12.9. The lowest BCUT2D eigenvalue weighted by atomic mass is 10.1. The van der Waals surface area contributed by atoms with Crippen molar-refractivity contribution in [2.45, 2.75) is 49.0 Å². The van der Waals surface area contributed by atoms with E-state index < -0.39 is 56.0 Å². The number of esters is 2. The molecule has 13 nitrogen and oxygen atoms in total. The molecule has 1 saturated carbocycles. The third kappa shape index (κ3) is 7.04. The van der Waals surface area contributed by atoms with E-state index in [4.69, 9.17) is 9.47 Å². The van der Waals surface area contributed by atoms with Crippen molar-refractivity contribution in [3.8, 4) is 0 Å². The fourth-order valence-electron chi connectivity index (χ4n) is 4.04. The lowest BCUT2D eigenvalue weighted by Crippen LogP contribution is -2.45. The van der Waals surface area contributed by atoms with Crippen molar-refractivity contribution in [2.75, 3.05) is 0 Å². The minimum absolute atomic E-state index is 0.0481. The molecule has 0 aromatic heterocycles. The van der Waals surface area contributed by atoms with Gasteiger partial charge in [0.2, 0.25) is 12.2 Å². The number of nitrogens with zero attached hydrogens (tertiary/aromatic N) is 2. The van der Waals surface area contributed by atoms with Gasteiger partial charge in [-0.25, -0.2) is 23.4 Å². The van der Waals surface area contributed by atoms with Gasteiger partial charge in [0.25, 0.3) is 5.69 Å². The number of carbonyl (C=O) groups is 4. The van der Waals surface area contributed by atoms with Gasteiger partial charge in [0, 0.05) is 22.3 Å². The zero-order valence-electron chi connectivity index (χ0n) is 22.9. The second-order valence-electron chi connectivity index (χ2n) is 9.83. The Balaban J connectivity index is 1.69. The molecule has 3 aromatic rings. The molecule has 4 rings (SSSR count). The number of hydrogen-bond donors (Lipinski definition) is 2. The number of non-ortho nitro benzene ring substituents is 1. The molecule has 0 amide bonds. The van der Waals surface area contributed by atoms with Gasteiger partial charge in [0.05, 0.1) is 31.5 Å². The summed E-state index contributed by atoms with van der Waals surface area (Å²) in [5.41, 5.74) is 0.711. The lowest BCUT2D eigenvalue weighted by Gasteiger charge is -2.21. The van der Waals surface area contributed by atoms with Crippen molar-refractivity contribution in [1.29, 1.82) is 0 Å². The number of ether oxygens (including phenoxy) is 2. The molecule has 14 heteroatoms. The van der Waals surface area contributed by atoms with E-state index in [2.05, 4.69) is 4.36 Å². The van der Waals surface area contributed by atoms with E-state index in [1.54, 1.807) is 26.0 Å². The largest absolute Gasteiger partial charge is 0.478 e. The van der Waals surface area contributed by atoms with Crippen molar-refractivity contribution in [3.63, 3.8) is 0 Å². The summed E-state index contributed by atoms with van der Waals surface area (Å²) in [4.78, 5) is 60.5. The molecule has 0 spiro atoms. The van der Waals surface area contributed by atoms with Crippen LogP contribution >= 0.6 is 0 Å². The highest BCUT2D eigenvalue weighted by Crippen LogP contribution is 2.39. The number of carboxylic acid groups (broad SMARTS) is 2. The summed E-state index contributed by atoms with van der Waals surface area (Å²) in [5, 5.41) is 30.1. The Labute approximate surface area is 245 Å². The highest BCUT2D eigenvalue weighted by molar-refractivity contribution is 7.94. The van der Waals surface area contributed by atoms with Crippen LogP contribution in [0.25, 0.3) is 0 Å². The molecule has 0 heterocycles. The van der Waals surface area contributed by atoms with Crippen molar-refractivity contribution in [3.05, 3.63) is 99.1 Å². The maximum Gasteiger partial charge on any atom is 0.349 e. The van der Waals surface area contributed by atoms with E-state index in [1.165, 1.54) is 54.6 Å². The zero-order valence-corrected chi connectivity index (χ0v) is 23.7. The van der Waals surface area contributed by atoms with Gasteiger partial charge in [-0.2, -0.15) is 4.36 Å². The maximum atomic E-state index is 14.2. The predicted molar refractivity (Wildman–Crippen MR) is 151 cm³/mol. The number of nitro groups is 1. The van der Waals surface area contributed by atoms with Gasteiger partial charge in [-0.15, -0.1) is 0 Å². The quantitative estimate of drug-likeness (QED) is 0.176. The molecule has 224 valence electrons. The van der Waals surface area contributed by atoms with E-state index in [-0.39, 0.29) is 27.4 Å². The molecule has 1 aliphatic rings. The highest BCUT2D eigenvalue weighted by Gasteiger charge is 2.41. The molecule has 1 fully saturated rings. The van der Waals surface area contributed by atoms with E-state index in [0.29, 0.717) is 18.4 Å². The van der Waals surface area contributed by atoms with Crippen LogP contribution in [0, 0.1) is 24.0 Å². The summed E-state index contributed by atoms with van der Waals surface area (Å²) in [6, 6.07) is 15.1. The number of benzene rings is 3. The first-order valence-corrected chi connectivity index (χ1v) is 14.4. The highest BCUT2D eigenvalue weighted by atomic mass is 32.2. The van der Waals surface area contributed by atoms with Crippen LogP contribution in [-0.4, -0.2) is 60.7 Å². The summed E-state index contributed by atoms with van der Waals surface area (Å²) in [6.07, 6.45) is -3.75. The summed E-state index contributed by atoms with van der Waals surface area (Å²) < 4.78 is 28.6. The fraction of sp³-hybridized carbons (Fsp3) is 0.241. The van der Waals surface area contributed by atoms with E-state index in [9.17, 15) is 43.7 Å². The third-order valence-electron chi connectivity index (χ3n) is 6.49. The number of nitro benzene ring substituents is 1. The summed E-state index contributed by atoms with van der Waals surface area (Å²) in [6.45, 7) is 3.43. The Hall–Kier alpha value is -5.11. The van der Waals surface area contributed by atoms with Gasteiger partial charge >= 0.3 is 23.9 Å². The minimum atomic E-state index is -3.25. The topological polar surface area (TPSA) is 200 Å². The number of carboxylic acids is 2. The maximum absolute atomic E-state index is 14.2. The first kappa shape index (κ1) is 30.8. The van der Waals surface area contributed by atoms with E-state index in [0.717, 1.165) is 5.56 Å². The minimum Gasteiger partial charge on any atom is -0.478 e. The molecule has 0 unspecified atom stereocenters. The van der Waals surface area contributed by atoms with Crippen LogP contribution in [-0.2, 0) is 28.8 Å². The van der Waals surface area contributed by atoms with Gasteiger partial charge in [-0.05, 0) is 68.7 Å². The summed E-state index contributed by atoms with van der Waals surface area (Å²) in [5.74, 6) is -6.22. The molecular formula is C29H26N2O11S. The average molecular weight is 611 g/mol. The molecule has 0 radical (unpaired) electrons. The second-order valence-corrected chi connectivity index (χ2v) is 12.3. The van der Waals surface area contributed by atoms with Crippen LogP contribution in [0.3, 0.4) is 0 Å². The normalized spacial score (nSPS) is 15.3. The molecule has 0 saturated heterocycles. The fourth-order valence-corrected chi connectivity index (χ4v) is 6.42. The molecule has 43 heavy (non-hydrogen) atoms. The Morgan fingerprint density at radius 2 is 1.40 bits per heavy atom. The Bertz CT molecular complexity index is 1720. The van der Waals surface area contributed by atoms with Crippen molar-refractivity contribution in [2.24, 2.45) is 4.36 Å². The molecule has 1 aliphatic carbocycles. The monoisotopic (exact) mass is 610 g/mol. The SMILES string of the molecule is Cc1ccc(C(=O)O[C@H](C(=O)O)[C@H](OC(=O)c2ccc(C)cc2N=[S@](=O)(c2ccc([N+](=O)[O-])cc2)C2CC2)C(=O)O)cc1. The standard InChI is InChI=1S/C29H26N2O11S/c1-16-3-6-18(7-4-16)28(36)41-24(26(32)33)25(27(34)35)42-29(37)22-14-5-17(2)15-23(22)30-43(40,21-12-13-21)20-10-8-19(9-11-20)31(38)39/h3-11,14-15,21,24-25H,12-13H2,1-2H3,(H,32,33)(H,34,35)/t24-,25-,43-/m0/s1. The Morgan fingerprint density at radius 1 is 0.860 bits per heavy atom. The number of aliphatic carboxylic acids is 2. The van der Waals surface area contributed by atoms with Crippen molar-refractivity contribution in [1.82, 2.24) is 0 Å². The number of hydrogen-bond acceptors (Lipinski definition) is 10. The van der Waals surface area contributed by atoms with Crippen LogP contribution in [0.5, 0.6) is 0 Å². The van der Waals surface area contributed by atoms with Crippen LogP contribution in [0.2, 0.25) is 0 Å². The average Bonchev–Trinajstić information content (AvgIpc) is 3.81. The molecular weight excluding hydrogens is 584 g/mol. The van der Waals surface area contributed by atoms with Crippen LogP contribution in [0.15, 0.2) is 76.0 Å². The number of aryl methyl sites for hydroxylation is 2. The smallest absolute Gasteiger partial charge is 0.349 e. The number of carbonyl (C=O) groups excluding carboxylic acids is 2. The van der Waals surface area contributed by atoms with Gasteiger partial charge in [-0.1, -0.05) is 23.8 Å². The van der Waals surface area contributed by atoms with E-state index in [1.807, 2.05) is 0 Å². The van der Waals surface area contributed by atoms with Gasteiger partial charge in [-0.3, -0.25) is 10.1 Å². The second kappa shape index (κ2) is 12.4. The van der Waals surface area contributed by atoms with E-state index >= 15 is 0 Å². The zero-order chi connectivity index (χ0) is 31.5.